The number of rotatable bonds is 5. The zero-order valence-electron chi connectivity index (χ0n) is 14.2. The standard InChI is InChI=1S/C19H25N3O2/c1-21(13-17-10-15-4-2-3-5-18(15)24-17)19(23)20-11-14-8-9-22(12-14)16-6-7-16/h2-5,10,14,16H,6-9,11-13H2,1H3,(H,20,23)/t14-/m1/s1. The monoisotopic (exact) mass is 327 g/mol. The van der Waals surface area contributed by atoms with E-state index >= 15 is 0 Å². The van der Waals surface area contributed by atoms with Gasteiger partial charge in [0.2, 0.25) is 0 Å². The first kappa shape index (κ1) is 15.5. The van der Waals surface area contributed by atoms with Crippen molar-refractivity contribution in [2.24, 2.45) is 5.92 Å². The number of hydrogen-bond donors (Lipinski definition) is 1. The van der Waals surface area contributed by atoms with Crippen LogP contribution in [0.5, 0.6) is 0 Å². The number of benzene rings is 1. The molecule has 128 valence electrons. The van der Waals surface area contributed by atoms with Gasteiger partial charge in [0, 0.05) is 31.6 Å². The molecule has 0 unspecified atom stereocenters. The summed E-state index contributed by atoms with van der Waals surface area (Å²) in [4.78, 5) is 16.6. The van der Waals surface area contributed by atoms with Crippen molar-refractivity contribution < 1.29 is 9.21 Å². The van der Waals surface area contributed by atoms with Crippen molar-refractivity contribution in [3.8, 4) is 0 Å². The molecule has 1 aromatic heterocycles. The van der Waals surface area contributed by atoms with Gasteiger partial charge in [0.1, 0.15) is 11.3 Å². The Morgan fingerprint density at radius 3 is 2.96 bits per heavy atom. The third-order valence-corrected chi connectivity index (χ3v) is 5.14. The summed E-state index contributed by atoms with van der Waals surface area (Å²) in [6, 6.07) is 10.7. The van der Waals surface area contributed by atoms with Gasteiger partial charge in [-0.3, -0.25) is 0 Å². The molecule has 5 nitrogen and oxygen atoms in total. The van der Waals surface area contributed by atoms with Crippen molar-refractivity contribution in [2.75, 3.05) is 26.7 Å². The van der Waals surface area contributed by atoms with E-state index in [1.54, 1.807) is 4.90 Å². The normalized spacial score (nSPS) is 21.3. The average molecular weight is 327 g/mol. The van der Waals surface area contributed by atoms with Crippen LogP contribution in [0.2, 0.25) is 0 Å². The summed E-state index contributed by atoms with van der Waals surface area (Å²) in [5.41, 5.74) is 0.868. The second-order valence-corrected chi connectivity index (χ2v) is 7.17. The van der Waals surface area contributed by atoms with E-state index in [9.17, 15) is 4.79 Å². The highest BCUT2D eigenvalue weighted by molar-refractivity contribution is 5.78. The predicted molar refractivity (Wildman–Crippen MR) is 93.8 cm³/mol. The second kappa shape index (κ2) is 6.48. The number of nitrogens with zero attached hydrogens (tertiary/aromatic N) is 2. The number of para-hydroxylation sites is 1. The van der Waals surface area contributed by atoms with Crippen molar-refractivity contribution in [2.45, 2.75) is 31.8 Å². The summed E-state index contributed by atoms with van der Waals surface area (Å²) in [5.74, 6) is 1.41. The zero-order valence-corrected chi connectivity index (χ0v) is 14.2. The number of nitrogens with one attached hydrogen (secondary N) is 1. The van der Waals surface area contributed by atoms with E-state index in [0.29, 0.717) is 12.5 Å². The molecule has 24 heavy (non-hydrogen) atoms. The van der Waals surface area contributed by atoms with Crippen LogP contribution < -0.4 is 5.32 Å². The van der Waals surface area contributed by atoms with E-state index in [1.807, 2.05) is 37.4 Å². The lowest BCUT2D eigenvalue weighted by atomic mass is 10.1. The molecule has 2 aliphatic rings. The Morgan fingerprint density at radius 2 is 2.17 bits per heavy atom. The molecule has 1 aliphatic heterocycles. The highest BCUT2D eigenvalue weighted by Crippen LogP contribution is 2.31. The Kier molecular flexibility index (Phi) is 4.19. The summed E-state index contributed by atoms with van der Waals surface area (Å²) < 4.78 is 5.79. The lowest BCUT2D eigenvalue weighted by molar-refractivity contribution is 0.201. The van der Waals surface area contributed by atoms with Gasteiger partial charge in [-0.2, -0.15) is 0 Å². The molecule has 1 saturated carbocycles. The molecule has 2 aromatic rings. The number of furan rings is 1. The van der Waals surface area contributed by atoms with Crippen LogP contribution in [0.3, 0.4) is 0 Å². The number of fused-ring (bicyclic) bond motifs is 1. The molecule has 0 radical (unpaired) electrons. The molecule has 2 heterocycles. The molecule has 1 aromatic carbocycles. The van der Waals surface area contributed by atoms with Gasteiger partial charge in [0.15, 0.2) is 0 Å². The number of carbonyl (C=O) groups is 1. The molecule has 2 amide bonds. The topological polar surface area (TPSA) is 48.7 Å². The predicted octanol–water partition coefficient (Wildman–Crippen LogP) is 3.06. The smallest absolute Gasteiger partial charge is 0.317 e. The number of urea groups is 1. The lowest BCUT2D eigenvalue weighted by Gasteiger charge is -2.19. The van der Waals surface area contributed by atoms with Crippen molar-refractivity contribution >= 4 is 17.0 Å². The quantitative estimate of drug-likeness (QED) is 0.918. The molecule has 1 saturated heterocycles. The summed E-state index contributed by atoms with van der Waals surface area (Å²) in [7, 11) is 1.81. The highest BCUT2D eigenvalue weighted by Gasteiger charge is 2.34. The summed E-state index contributed by atoms with van der Waals surface area (Å²) in [6.45, 7) is 3.59. The zero-order chi connectivity index (χ0) is 16.5. The molecule has 2 fully saturated rings. The number of carbonyl (C=O) groups excluding carboxylic acids is 1. The molecular weight excluding hydrogens is 302 g/mol. The highest BCUT2D eigenvalue weighted by atomic mass is 16.3. The van der Waals surface area contributed by atoms with Crippen molar-refractivity contribution in [3.05, 3.63) is 36.1 Å². The summed E-state index contributed by atoms with van der Waals surface area (Å²) >= 11 is 0. The first-order valence-electron chi connectivity index (χ1n) is 8.89. The van der Waals surface area contributed by atoms with Crippen molar-refractivity contribution in [3.63, 3.8) is 0 Å². The minimum Gasteiger partial charge on any atom is -0.459 e. The van der Waals surface area contributed by atoms with Gasteiger partial charge in [-0.1, -0.05) is 18.2 Å². The Morgan fingerprint density at radius 1 is 1.33 bits per heavy atom. The number of likely N-dealkylation sites (tertiary alicyclic amines) is 1. The number of amides is 2. The van der Waals surface area contributed by atoms with Gasteiger partial charge in [0.25, 0.3) is 0 Å². The van der Waals surface area contributed by atoms with Gasteiger partial charge in [-0.15, -0.1) is 0 Å². The van der Waals surface area contributed by atoms with E-state index < -0.39 is 0 Å². The maximum atomic E-state index is 12.3. The van der Waals surface area contributed by atoms with Crippen LogP contribution in [0, 0.1) is 5.92 Å². The summed E-state index contributed by atoms with van der Waals surface area (Å²) in [5, 5.41) is 4.15. The second-order valence-electron chi connectivity index (χ2n) is 7.17. The lowest BCUT2D eigenvalue weighted by Crippen LogP contribution is -2.39. The van der Waals surface area contributed by atoms with Crippen molar-refractivity contribution in [1.82, 2.24) is 15.1 Å². The fraction of sp³-hybridized carbons (Fsp3) is 0.526. The largest absolute Gasteiger partial charge is 0.459 e. The molecule has 1 aliphatic carbocycles. The molecule has 4 rings (SSSR count). The molecule has 0 spiro atoms. The molecule has 5 heteroatoms. The third-order valence-electron chi connectivity index (χ3n) is 5.14. The van der Waals surface area contributed by atoms with E-state index in [0.717, 1.165) is 35.9 Å². The van der Waals surface area contributed by atoms with Gasteiger partial charge in [-0.25, -0.2) is 4.79 Å². The van der Waals surface area contributed by atoms with Crippen LogP contribution >= 0.6 is 0 Å². The molecule has 0 bridgehead atoms. The van der Waals surface area contributed by atoms with Gasteiger partial charge in [-0.05, 0) is 43.9 Å². The van der Waals surface area contributed by atoms with Crippen LogP contribution in [0.1, 0.15) is 25.0 Å². The fourth-order valence-corrected chi connectivity index (χ4v) is 3.59. The minimum atomic E-state index is -0.0275. The van der Waals surface area contributed by atoms with E-state index in [4.69, 9.17) is 4.42 Å². The van der Waals surface area contributed by atoms with Crippen LogP contribution in [0.15, 0.2) is 34.7 Å². The fourth-order valence-electron chi connectivity index (χ4n) is 3.59. The summed E-state index contributed by atoms with van der Waals surface area (Å²) in [6.07, 6.45) is 3.92. The minimum absolute atomic E-state index is 0.0275. The van der Waals surface area contributed by atoms with Crippen molar-refractivity contribution in [1.29, 1.82) is 0 Å². The first-order chi connectivity index (χ1) is 11.7. The maximum absolute atomic E-state index is 12.3. The molecular formula is C19H25N3O2. The molecule has 1 N–H and O–H groups in total. The third kappa shape index (κ3) is 3.41. The average Bonchev–Trinajstić information content (AvgIpc) is 3.18. The Bertz CT molecular complexity index is 689. The van der Waals surface area contributed by atoms with Crippen LogP contribution in [-0.2, 0) is 6.54 Å². The van der Waals surface area contributed by atoms with Gasteiger partial charge >= 0.3 is 6.03 Å². The SMILES string of the molecule is CN(Cc1cc2ccccc2o1)C(=O)NC[C@H]1CCN(C2CC2)C1. The molecule has 1 atom stereocenters. The van der Waals surface area contributed by atoms with Crippen LogP contribution in [0.4, 0.5) is 4.79 Å². The Labute approximate surface area is 142 Å². The van der Waals surface area contributed by atoms with E-state index in [-0.39, 0.29) is 6.03 Å². The van der Waals surface area contributed by atoms with Crippen LogP contribution in [0.25, 0.3) is 11.0 Å². The number of hydrogen-bond acceptors (Lipinski definition) is 3. The van der Waals surface area contributed by atoms with E-state index in [1.165, 1.54) is 25.8 Å². The van der Waals surface area contributed by atoms with Crippen LogP contribution in [-0.4, -0.2) is 48.6 Å². The van der Waals surface area contributed by atoms with Gasteiger partial charge < -0.3 is 19.5 Å². The van der Waals surface area contributed by atoms with Gasteiger partial charge in [0.05, 0.1) is 6.54 Å². The Hall–Kier alpha value is -2.01. The Balaban J connectivity index is 1.26. The maximum Gasteiger partial charge on any atom is 0.317 e. The van der Waals surface area contributed by atoms with E-state index in [2.05, 4.69) is 10.2 Å². The first-order valence-corrected chi connectivity index (χ1v) is 8.89.